The van der Waals surface area contributed by atoms with E-state index in [0.29, 0.717) is 18.9 Å². The number of benzene rings is 3. The second kappa shape index (κ2) is 9.56. The lowest BCUT2D eigenvalue weighted by Gasteiger charge is -2.12. The SMILES string of the molecule is CC(=O)OC1CCc2cc(OCCc3nc(-c4ccc(-c5ccccc5)cc4)oc3C)ccc21. The van der Waals surface area contributed by atoms with Gasteiger partial charge in [0.25, 0.3) is 0 Å². The van der Waals surface area contributed by atoms with E-state index in [4.69, 9.17) is 18.9 Å². The normalized spacial score (nSPS) is 14.6. The summed E-state index contributed by atoms with van der Waals surface area (Å²) in [4.78, 5) is 16.0. The third-order valence-electron chi connectivity index (χ3n) is 6.18. The van der Waals surface area contributed by atoms with Gasteiger partial charge in [0.05, 0.1) is 12.3 Å². The molecular formula is C29H27NO4. The first kappa shape index (κ1) is 22.0. The van der Waals surface area contributed by atoms with E-state index < -0.39 is 0 Å². The third-order valence-corrected chi connectivity index (χ3v) is 6.18. The van der Waals surface area contributed by atoms with Gasteiger partial charge in [-0.05, 0) is 66.3 Å². The van der Waals surface area contributed by atoms with Gasteiger partial charge in [0.15, 0.2) is 0 Å². The summed E-state index contributed by atoms with van der Waals surface area (Å²) >= 11 is 0. The summed E-state index contributed by atoms with van der Waals surface area (Å²) in [5.74, 6) is 2.01. The Morgan fingerprint density at radius 3 is 2.50 bits per heavy atom. The maximum atomic E-state index is 11.3. The molecule has 0 saturated carbocycles. The lowest BCUT2D eigenvalue weighted by atomic mass is 10.0. The Balaban J connectivity index is 1.21. The van der Waals surface area contributed by atoms with Gasteiger partial charge in [-0.3, -0.25) is 4.79 Å². The third kappa shape index (κ3) is 4.74. The van der Waals surface area contributed by atoms with Crippen LogP contribution in [0, 0.1) is 6.92 Å². The number of rotatable bonds is 7. The molecule has 5 nitrogen and oxygen atoms in total. The van der Waals surface area contributed by atoms with Crippen molar-refractivity contribution in [1.29, 1.82) is 0 Å². The molecule has 1 aromatic heterocycles. The minimum Gasteiger partial charge on any atom is -0.493 e. The molecular weight excluding hydrogens is 426 g/mol. The molecule has 1 unspecified atom stereocenters. The summed E-state index contributed by atoms with van der Waals surface area (Å²) in [6.07, 6.45) is 2.23. The van der Waals surface area contributed by atoms with Crippen molar-refractivity contribution in [3.8, 4) is 28.3 Å². The molecule has 34 heavy (non-hydrogen) atoms. The Hall–Kier alpha value is -3.86. The van der Waals surface area contributed by atoms with Crippen LogP contribution in [-0.2, 0) is 22.4 Å². The van der Waals surface area contributed by atoms with Crippen LogP contribution in [0.2, 0.25) is 0 Å². The summed E-state index contributed by atoms with van der Waals surface area (Å²) in [6, 6.07) is 24.6. The fourth-order valence-electron chi connectivity index (χ4n) is 4.45. The van der Waals surface area contributed by atoms with Gasteiger partial charge in [0, 0.05) is 18.9 Å². The summed E-state index contributed by atoms with van der Waals surface area (Å²) in [7, 11) is 0. The largest absolute Gasteiger partial charge is 0.493 e. The Bertz CT molecular complexity index is 1290. The molecule has 0 fully saturated rings. The van der Waals surface area contributed by atoms with Crippen molar-refractivity contribution in [3.63, 3.8) is 0 Å². The number of hydrogen-bond donors (Lipinski definition) is 0. The van der Waals surface area contributed by atoms with Gasteiger partial charge in [-0.25, -0.2) is 4.98 Å². The first-order valence-electron chi connectivity index (χ1n) is 11.6. The zero-order valence-corrected chi connectivity index (χ0v) is 19.4. The zero-order valence-electron chi connectivity index (χ0n) is 19.4. The number of aryl methyl sites for hydroxylation is 2. The van der Waals surface area contributed by atoms with Crippen molar-refractivity contribution < 1.29 is 18.7 Å². The Morgan fingerprint density at radius 2 is 1.74 bits per heavy atom. The van der Waals surface area contributed by atoms with Crippen LogP contribution in [-0.4, -0.2) is 17.6 Å². The average molecular weight is 454 g/mol. The topological polar surface area (TPSA) is 61.6 Å². The van der Waals surface area contributed by atoms with E-state index in [1.54, 1.807) is 0 Å². The van der Waals surface area contributed by atoms with Crippen LogP contribution in [0.25, 0.3) is 22.6 Å². The number of oxazole rings is 1. The number of esters is 1. The van der Waals surface area contributed by atoms with Crippen LogP contribution in [0.5, 0.6) is 5.75 Å². The van der Waals surface area contributed by atoms with Gasteiger partial charge in [-0.1, -0.05) is 48.5 Å². The molecule has 0 bridgehead atoms. The molecule has 172 valence electrons. The van der Waals surface area contributed by atoms with Crippen molar-refractivity contribution in [3.05, 3.63) is 95.4 Å². The highest BCUT2D eigenvalue weighted by atomic mass is 16.5. The van der Waals surface area contributed by atoms with E-state index in [9.17, 15) is 4.79 Å². The molecule has 5 heteroatoms. The second-order valence-corrected chi connectivity index (χ2v) is 8.56. The first-order valence-corrected chi connectivity index (χ1v) is 11.6. The molecule has 1 aliphatic carbocycles. The van der Waals surface area contributed by atoms with Crippen molar-refractivity contribution in [2.45, 2.75) is 39.2 Å². The van der Waals surface area contributed by atoms with Crippen LogP contribution in [0.3, 0.4) is 0 Å². The minimum atomic E-state index is -0.243. The summed E-state index contributed by atoms with van der Waals surface area (Å²) in [6.45, 7) is 3.90. The van der Waals surface area contributed by atoms with Crippen LogP contribution < -0.4 is 4.74 Å². The molecule has 0 spiro atoms. The minimum absolute atomic E-state index is 0.139. The number of carbonyl (C=O) groups is 1. The van der Waals surface area contributed by atoms with E-state index in [0.717, 1.165) is 46.7 Å². The van der Waals surface area contributed by atoms with Crippen LogP contribution in [0.1, 0.15) is 42.0 Å². The fourth-order valence-corrected chi connectivity index (χ4v) is 4.45. The smallest absolute Gasteiger partial charge is 0.303 e. The molecule has 3 aromatic carbocycles. The van der Waals surface area contributed by atoms with Gasteiger partial charge < -0.3 is 13.9 Å². The molecule has 5 rings (SSSR count). The predicted octanol–water partition coefficient (Wildman–Crippen LogP) is 6.49. The number of hydrogen-bond acceptors (Lipinski definition) is 5. The Labute approximate surface area is 199 Å². The number of carbonyl (C=O) groups excluding carboxylic acids is 1. The molecule has 1 atom stereocenters. The molecule has 1 heterocycles. The Kier molecular flexibility index (Phi) is 6.17. The summed E-state index contributed by atoms with van der Waals surface area (Å²) in [5, 5.41) is 0. The second-order valence-electron chi connectivity index (χ2n) is 8.56. The van der Waals surface area contributed by atoms with E-state index >= 15 is 0 Å². The fraction of sp³-hybridized carbons (Fsp3) is 0.241. The molecule has 1 aliphatic rings. The van der Waals surface area contributed by atoms with Gasteiger partial charge in [0.1, 0.15) is 17.6 Å². The summed E-state index contributed by atoms with van der Waals surface area (Å²) < 4.78 is 17.3. The van der Waals surface area contributed by atoms with Crippen LogP contribution in [0.4, 0.5) is 0 Å². The molecule has 0 radical (unpaired) electrons. The number of aromatic nitrogens is 1. The van der Waals surface area contributed by atoms with Gasteiger partial charge in [0.2, 0.25) is 5.89 Å². The number of nitrogens with zero attached hydrogens (tertiary/aromatic N) is 1. The van der Waals surface area contributed by atoms with Gasteiger partial charge in [-0.15, -0.1) is 0 Å². The average Bonchev–Trinajstić information content (AvgIpc) is 3.42. The number of fused-ring (bicyclic) bond motifs is 1. The van der Waals surface area contributed by atoms with Crippen molar-refractivity contribution in [2.75, 3.05) is 6.61 Å². The summed E-state index contributed by atoms with van der Waals surface area (Å²) in [5.41, 5.74) is 6.47. The highest BCUT2D eigenvalue weighted by Crippen LogP contribution is 2.36. The predicted molar refractivity (Wildman–Crippen MR) is 131 cm³/mol. The molecule has 0 amide bonds. The van der Waals surface area contributed by atoms with Gasteiger partial charge >= 0.3 is 5.97 Å². The lowest BCUT2D eigenvalue weighted by molar-refractivity contribution is -0.146. The number of ether oxygens (including phenoxy) is 2. The standard InChI is InChI=1S/C29H27NO4/c1-19-27(16-17-32-25-13-14-26-24(18-25)12-15-28(26)34-20(2)31)30-29(33-19)23-10-8-22(9-11-23)21-6-4-3-5-7-21/h3-11,13-14,18,28H,12,15-17H2,1-2H3. The maximum Gasteiger partial charge on any atom is 0.303 e. The highest BCUT2D eigenvalue weighted by Gasteiger charge is 2.25. The molecule has 4 aromatic rings. The zero-order chi connectivity index (χ0) is 23.5. The van der Waals surface area contributed by atoms with Gasteiger partial charge in [-0.2, -0.15) is 0 Å². The van der Waals surface area contributed by atoms with Crippen LogP contribution in [0.15, 0.2) is 77.2 Å². The van der Waals surface area contributed by atoms with E-state index in [2.05, 4.69) is 24.3 Å². The highest BCUT2D eigenvalue weighted by molar-refractivity contribution is 5.67. The molecule has 0 saturated heterocycles. The first-order chi connectivity index (χ1) is 16.6. The van der Waals surface area contributed by atoms with Crippen molar-refractivity contribution in [1.82, 2.24) is 4.98 Å². The monoisotopic (exact) mass is 453 g/mol. The van der Waals surface area contributed by atoms with E-state index in [1.165, 1.54) is 18.1 Å². The maximum absolute atomic E-state index is 11.3. The van der Waals surface area contributed by atoms with E-state index in [-0.39, 0.29) is 12.1 Å². The van der Waals surface area contributed by atoms with Crippen molar-refractivity contribution >= 4 is 5.97 Å². The van der Waals surface area contributed by atoms with Crippen molar-refractivity contribution in [2.24, 2.45) is 0 Å². The van der Waals surface area contributed by atoms with E-state index in [1.807, 2.05) is 55.5 Å². The Morgan fingerprint density at radius 1 is 1.00 bits per heavy atom. The van der Waals surface area contributed by atoms with Crippen LogP contribution >= 0.6 is 0 Å². The quantitative estimate of drug-likeness (QED) is 0.299. The lowest BCUT2D eigenvalue weighted by Crippen LogP contribution is -2.05. The molecule has 0 aliphatic heterocycles. The molecule has 0 N–H and O–H groups in total.